The summed E-state index contributed by atoms with van der Waals surface area (Å²) in [7, 11) is 0. The molecule has 0 aromatic carbocycles. The van der Waals surface area contributed by atoms with Gasteiger partial charge in [0.25, 0.3) is 0 Å². The van der Waals surface area contributed by atoms with Crippen molar-refractivity contribution in [2.75, 3.05) is 11.1 Å². The Bertz CT molecular complexity index is 420. The van der Waals surface area contributed by atoms with Crippen LogP contribution in [0.5, 0.6) is 0 Å². The molecule has 4 N–H and O–H groups in total. The summed E-state index contributed by atoms with van der Waals surface area (Å²) in [5, 5.41) is 3.18. The van der Waals surface area contributed by atoms with Crippen molar-refractivity contribution in [1.82, 2.24) is 15.0 Å². The Hall–Kier alpha value is -1.56. The van der Waals surface area contributed by atoms with E-state index in [0.717, 1.165) is 16.0 Å². The minimum Gasteiger partial charge on any atom is -0.396 e. The van der Waals surface area contributed by atoms with E-state index < -0.39 is 0 Å². The van der Waals surface area contributed by atoms with Crippen molar-refractivity contribution in [3.05, 3.63) is 35.1 Å². The lowest BCUT2D eigenvalue weighted by Crippen LogP contribution is -2.04. The molecule has 0 aliphatic heterocycles. The number of rotatable bonds is 3. The molecule has 0 aliphatic carbocycles. The van der Waals surface area contributed by atoms with Crippen LogP contribution in [0.2, 0.25) is 0 Å². The van der Waals surface area contributed by atoms with Crippen molar-refractivity contribution in [3.8, 4) is 0 Å². The zero-order chi connectivity index (χ0) is 10.7. The van der Waals surface area contributed by atoms with Gasteiger partial charge in [-0.05, 0) is 15.9 Å². The normalized spacial score (nSPS) is 10.2. The smallest absolute Gasteiger partial charge is 0.125 e. The molecular weight excluding hydrogens is 258 g/mol. The molecule has 2 rings (SSSR count). The van der Waals surface area contributed by atoms with Gasteiger partial charge in [0, 0.05) is 18.6 Å². The van der Waals surface area contributed by atoms with E-state index in [1.807, 2.05) is 0 Å². The highest BCUT2D eigenvalue weighted by Crippen LogP contribution is 2.27. The molecule has 0 fully saturated rings. The Morgan fingerprint density at radius 3 is 3.00 bits per heavy atom. The summed E-state index contributed by atoms with van der Waals surface area (Å²) in [5.41, 5.74) is 7.22. The molecule has 0 atom stereocenters. The van der Waals surface area contributed by atoms with Crippen molar-refractivity contribution in [1.29, 1.82) is 0 Å². The van der Waals surface area contributed by atoms with E-state index in [9.17, 15) is 0 Å². The van der Waals surface area contributed by atoms with Gasteiger partial charge in [-0.3, -0.25) is 4.98 Å². The highest BCUT2D eigenvalue weighted by Gasteiger charge is 2.04. The number of H-pyrrole nitrogens is 1. The third-order valence-corrected chi connectivity index (χ3v) is 2.52. The van der Waals surface area contributed by atoms with Crippen LogP contribution in [0, 0.1) is 0 Å². The van der Waals surface area contributed by atoms with Gasteiger partial charge in [0.15, 0.2) is 0 Å². The van der Waals surface area contributed by atoms with E-state index in [1.54, 1.807) is 24.8 Å². The second-order valence-electron chi connectivity index (χ2n) is 2.97. The van der Waals surface area contributed by atoms with Crippen LogP contribution in [0.25, 0.3) is 0 Å². The summed E-state index contributed by atoms with van der Waals surface area (Å²) in [5.74, 6) is 0.859. The van der Waals surface area contributed by atoms with Gasteiger partial charge in [-0.2, -0.15) is 0 Å². The molecule has 0 bridgehead atoms. The summed E-state index contributed by atoms with van der Waals surface area (Å²) in [6, 6.07) is 0. The number of anilines is 2. The fourth-order valence-electron chi connectivity index (χ4n) is 1.20. The average molecular weight is 268 g/mol. The summed E-state index contributed by atoms with van der Waals surface area (Å²) < 4.78 is 0.842. The van der Waals surface area contributed by atoms with Gasteiger partial charge in [-0.25, -0.2) is 4.98 Å². The number of hydrogen-bond donors (Lipinski definition) is 3. The van der Waals surface area contributed by atoms with Crippen molar-refractivity contribution in [3.63, 3.8) is 0 Å². The number of nitrogens with one attached hydrogen (secondary N) is 2. The summed E-state index contributed by atoms with van der Waals surface area (Å²) >= 11 is 3.38. The van der Waals surface area contributed by atoms with E-state index in [2.05, 4.69) is 36.2 Å². The third kappa shape index (κ3) is 2.27. The third-order valence-electron chi connectivity index (χ3n) is 1.92. The number of pyridine rings is 1. The number of nitrogens with two attached hydrogens (primary N) is 1. The first-order chi connectivity index (χ1) is 7.27. The minimum absolute atomic E-state index is 0.597. The molecule has 5 nitrogen and oxygen atoms in total. The molecule has 0 unspecified atom stereocenters. The predicted octanol–water partition coefficient (Wildman–Crippen LogP) is 1.76. The van der Waals surface area contributed by atoms with Crippen molar-refractivity contribution < 1.29 is 0 Å². The molecule has 2 aromatic rings. The molecule has 0 amide bonds. The van der Waals surface area contributed by atoms with E-state index in [-0.39, 0.29) is 0 Å². The fraction of sp³-hybridized carbons (Fsp3) is 0.111. The van der Waals surface area contributed by atoms with Crippen molar-refractivity contribution >= 4 is 27.3 Å². The molecule has 2 heterocycles. The first-order valence-electron chi connectivity index (χ1n) is 4.38. The lowest BCUT2D eigenvalue weighted by Gasteiger charge is -2.09. The highest BCUT2D eigenvalue weighted by atomic mass is 79.9. The lowest BCUT2D eigenvalue weighted by atomic mass is 10.3. The molecule has 0 saturated heterocycles. The summed E-state index contributed by atoms with van der Waals surface area (Å²) in [4.78, 5) is 11.1. The number of hydrogen-bond acceptors (Lipinski definition) is 4. The van der Waals surface area contributed by atoms with Crippen LogP contribution in [0.3, 0.4) is 0 Å². The van der Waals surface area contributed by atoms with Crippen LogP contribution in [-0.4, -0.2) is 15.0 Å². The standard InChI is InChI=1S/C9H10BrN5/c10-6-3-12-4-7(11)9(6)15-5-8-13-1-2-14-8/h1-4H,5,11H2,(H,12,15)(H,13,14). The lowest BCUT2D eigenvalue weighted by molar-refractivity contribution is 0.998. The van der Waals surface area contributed by atoms with Crippen LogP contribution in [-0.2, 0) is 6.54 Å². The molecule has 0 aliphatic rings. The highest BCUT2D eigenvalue weighted by molar-refractivity contribution is 9.10. The maximum absolute atomic E-state index is 5.78. The Balaban J connectivity index is 2.11. The quantitative estimate of drug-likeness (QED) is 0.792. The molecule has 6 heteroatoms. The first kappa shape index (κ1) is 9.97. The van der Waals surface area contributed by atoms with Crippen LogP contribution in [0.4, 0.5) is 11.4 Å². The number of aromatic amines is 1. The van der Waals surface area contributed by atoms with E-state index in [0.29, 0.717) is 12.2 Å². The molecule has 78 valence electrons. The van der Waals surface area contributed by atoms with Gasteiger partial charge in [0.1, 0.15) is 5.82 Å². The summed E-state index contributed by atoms with van der Waals surface area (Å²) in [6.45, 7) is 0.597. The number of halogens is 1. The van der Waals surface area contributed by atoms with Gasteiger partial charge >= 0.3 is 0 Å². The number of nitrogen functional groups attached to an aromatic ring is 1. The van der Waals surface area contributed by atoms with Crippen LogP contribution < -0.4 is 11.1 Å². The van der Waals surface area contributed by atoms with Gasteiger partial charge in [0.2, 0.25) is 0 Å². The van der Waals surface area contributed by atoms with Gasteiger partial charge in [0.05, 0.1) is 28.6 Å². The molecular formula is C9H10BrN5. The molecule has 15 heavy (non-hydrogen) atoms. The Kier molecular flexibility index (Phi) is 2.86. The minimum atomic E-state index is 0.597. The molecule has 0 saturated carbocycles. The maximum atomic E-state index is 5.78. The Labute approximate surface area is 95.3 Å². The van der Waals surface area contributed by atoms with E-state index >= 15 is 0 Å². The summed E-state index contributed by atoms with van der Waals surface area (Å²) in [6.07, 6.45) is 6.79. The zero-order valence-electron chi connectivity index (χ0n) is 7.87. The maximum Gasteiger partial charge on any atom is 0.125 e. The van der Waals surface area contributed by atoms with Crippen LogP contribution >= 0.6 is 15.9 Å². The SMILES string of the molecule is Nc1cncc(Br)c1NCc1ncc[nH]1. The van der Waals surface area contributed by atoms with E-state index in [1.165, 1.54) is 0 Å². The molecule has 0 spiro atoms. The Morgan fingerprint density at radius 2 is 2.33 bits per heavy atom. The Morgan fingerprint density at radius 1 is 1.47 bits per heavy atom. The van der Waals surface area contributed by atoms with Gasteiger partial charge < -0.3 is 16.0 Å². The predicted molar refractivity (Wildman–Crippen MR) is 62.3 cm³/mol. The topological polar surface area (TPSA) is 79.6 Å². The van der Waals surface area contributed by atoms with Gasteiger partial charge in [-0.1, -0.05) is 0 Å². The van der Waals surface area contributed by atoms with Crippen molar-refractivity contribution in [2.45, 2.75) is 6.54 Å². The molecule has 0 radical (unpaired) electrons. The van der Waals surface area contributed by atoms with Crippen molar-refractivity contribution in [2.24, 2.45) is 0 Å². The van der Waals surface area contributed by atoms with Crippen LogP contribution in [0.1, 0.15) is 5.82 Å². The second-order valence-corrected chi connectivity index (χ2v) is 3.83. The average Bonchev–Trinajstić information content (AvgIpc) is 2.70. The first-order valence-corrected chi connectivity index (χ1v) is 5.18. The molecule has 2 aromatic heterocycles. The fourth-order valence-corrected chi connectivity index (χ4v) is 1.69. The number of aromatic nitrogens is 3. The largest absolute Gasteiger partial charge is 0.396 e. The number of nitrogens with zero attached hydrogens (tertiary/aromatic N) is 2. The monoisotopic (exact) mass is 267 g/mol. The van der Waals surface area contributed by atoms with E-state index in [4.69, 9.17) is 5.73 Å². The van der Waals surface area contributed by atoms with Crippen LogP contribution in [0.15, 0.2) is 29.3 Å². The van der Waals surface area contributed by atoms with Gasteiger partial charge in [-0.15, -0.1) is 0 Å². The zero-order valence-corrected chi connectivity index (χ0v) is 9.45. The second kappa shape index (κ2) is 4.31. The number of imidazole rings is 1.